The lowest BCUT2D eigenvalue weighted by Crippen LogP contribution is -2.61. The molecule has 0 spiro atoms. The molecular formula is C63H120O15. The van der Waals surface area contributed by atoms with E-state index in [4.69, 9.17) is 28.4 Å². The fourth-order valence-corrected chi connectivity index (χ4v) is 10.8. The van der Waals surface area contributed by atoms with Crippen LogP contribution in [0.2, 0.25) is 0 Å². The van der Waals surface area contributed by atoms with E-state index >= 15 is 0 Å². The van der Waals surface area contributed by atoms with Gasteiger partial charge < -0.3 is 64.2 Å². The highest BCUT2D eigenvalue weighted by Gasteiger charge is 2.47. The predicted octanol–water partition coefficient (Wildman–Crippen LogP) is 12.3. The summed E-state index contributed by atoms with van der Waals surface area (Å²) in [6.07, 6.45) is 37.0. The second-order valence-corrected chi connectivity index (χ2v) is 23.3. The highest BCUT2D eigenvalue weighted by Crippen LogP contribution is 2.27. The first-order valence-electron chi connectivity index (χ1n) is 32.6. The van der Waals surface area contributed by atoms with Crippen LogP contribution < -0.4 is 0 Å². The van der Waals surface area contributed by atoms with Gasteiger partial charge in [-0.1, -0.05) is 271 Å². The maximum Gasteiger partial charge on any atom is 0.306 e. The molecule has 2 aliphatic heterocycles. The SMILES string of the molecule is CCCCCCCCCCCCCCCCCCCCCCCCC(=O)OC(COC(=O)CCCCCCCCCCCCCCCCCCCCCC)COC1OC(COC2OC(CO)C(O)C(O)C2O)C(O)C(O)C1O. The molecule has 15 nitrogen and oxygen atoms in total. The Bertz CT molecular complexity index is 1360. The third kappa shape index (κ3) is 36.2. The Kier molecular flexibility index (Phi) is 46.6. The van der Waals surface area contributed by atoms with Crippen molar-refractivity contribution in [3.05, 3.63) is 0 Å². The lowest BCUT2D eigenvalue weighted by Gasteiger charge is -2.42. The largest absolute Gasteiger partial charge is 0.462 e. The van der Waals surface area contributed by atoms with Crippen LogP contribution in [0.25, 0.3) is 0 Å². The van der Waals surface area contributed by atoms with Gasteiger partial charge in [0.05, 0.1) is 19.8 Å². The summed E-state index contributed by atoms with van der Waals surface area (Å²) < 4.78 is 33.8. The Morgan fingerprint density at radius 3 is 1.00 bits per heavy atom. The van der Waals surface area contributed by atoms with E-state index in [1.165, 1.54) is 218 Å². The van der Waals surface area contributed by atoms with Gasteiger partial charge in [0.1, 0.15) is 55.4 Å². The zero-order valence-electron chi connectivity index (χ0n) is 49.7. The van der Waals surface area contributed by atoms with Crippen LogP contribution in [0.5, 0.6) is 0 Å². The molecule has 0 aliphatic carbocycles. The summed E-state index contributed by atoms with van der Waals surface area (Å²) in [7, 11) is 0. The van der Waals surface area contributed by atoms with Crippen molar-refractivity contribution in [1.29, 1.82) is 0 Å². The smallest absolute Gasteiger partial charge is 0.306 e. The fourth-order valence-electron chi connectivity index (χ4n) is 10.8. The first-order chi connectivity index (χ1) is 38.0. The minimum Gasteiger partial charge on any atom is -0.462 e. The molecule has 462 valence electrons. The van der Waals surface area contributed by atoms with E-state index in [-0.39, 0.29) is 26.1 Å². The number of unbranched alkanes of at least 4 members (excludes halogenated alkanes) is 40. The summed E-state index contributed by atoms with van der Waals surface area (Å²) in [6, 6.07) is 0. The standard InChI is InChI=1S/C63H120O15/c1-3-5-7-9-11-13-15-17-19-21-23-25-26-28-30-32-34-36-38-40-42-44-46-55(66)76-51(48-73-54(65)45-43-41-39-37-35-33-31-29-27-24-22-20-18-16-14-12-10-8-6-4-2)49-74-62-61(72)59(70)57(68)53(78-62)50-75-63-60(71)58(69)56(67)52(47-64)77-63/h51-53,56-64,67-72H,3-50H2,1-2H3. The highest BCUT2D eigenvalue weighted by atomic mass is 16.7. The molecule has 0 aromatic heterocycles. The molecule has 0 saturated carbocycles. The molecule has 15 heteroatoms. The minimum atomic E-state index is -1.76. The number of rotatable bonds is 54. The second-order valence-electron chi connectivity index (χ2n) is 23.3. The van der Waals surface area contributed by atoms with Crippen molar-refractivity contribution in [3.63, 3.8) is 0 Å². The van der Waals surface area contributed by atoms with E-state index in [2.05, 4.69) is 13.8 Å². The van der Waals surface area contributed by atoms with Gasteiger partial charge in [-0.25, -0.2) is 0 Å². The Balaban J connectivity index is 1.69. The van der Waals surface area contributed by atoms with Gasteiger partial charge in [0, 0.05) is 12.8 Å². The number of aliphatic hydroxyl groups excluding tert-OH is 7. The normalized spacial score (nSPS) is 23.9. The van der Waals surface area contributed by atoms with Gasteiger partial charge in [-0.15, -0.1) is 0 Å². The number of carbonyl (C=O) groups excluding carboxylic acids is 2. The van der Waals surface area contributed by atoms with Crippen molar-refractivity contribution in [2.45, 2.75) is 364 Å². The summed E-state index contributed by atoms with van der Waals surface area (Å²) in [6.45, 7) is 2.68. The molecule has 2 heterocycles. The van der Waals surface area contributed by atoms with Crippen molar-refractivity contribution in [1.82, 2.24) is 0 Å². The molecule has 0 aromatic rings. The fraction of sp³-hybridized carbons (Fsp3) is 0.968. The lowest BCUT2D eigenvalue weighted by molar-refractivity contribution is -0.332. The maximum absolute atomic E-state index is 13.1. The van der Waals surface area contributed by atoms with Gasteiger partial charge >= 0.3 is 11.9 Å². The van der Waals surface area contributed by atoms with Crippen LogP contribution in [0.3, 0.4) is 0 Å². The molecule has 0 bridgehead atoms. The molecule has 11 atom stereocenters. The summed E-state index contributed by atoms with van der Waals surface area (Å²) in [4.78, 5) is 26.0. The molecule has 2 aliphatic rings. The van der Waals surface area contributed by atoms with Gasteiger partial charge in [0.2, 0.25) is 0 Å². The third-order valence-electron chi connectivity index (χ3n) is 16.1. The monoisotopic (exact) mass is 1120 g/mol. The van der Waals surface area contributed by atoms with Crippen molar-refractivity contribution < 1.29 is 73.8 Å². The van der Waals surface area contributed by atoms with Gasteiger partial charge in [0.15, 0.2) is 18.7 Å². The van der Waals surface area contributed by atoms with Crippen LogP contribution in [0, 0.1) is 0 Å². The van der Waals surface area contributed by atoms with E-state index in [0.717, 1.165) is 38.5 Å². The average Bonchev–Trinajstić information content (AvgIpc) is 3.44. The second kappa shape index (κ2) is 50.1. The van der Waals surface area contributed by atoms with E-state index in [1.807, 2.05) is 0 Å². The maximum atomic E-state index is 13.1. The van der Waals surface area contributed by atoms with Gasteiger partial charge in [-0.3, -0.25) is 9.59 Å². The molecule has 78 heavy (non-hydrogen) atoms. The molecule has 11 unspecified atom stereocenters. The highest BCUT2D eigenvalue weighted by molar-refractivity contribution is 5.70. The van der Waals surface area contributed by atoms with Crippen LogP contribution >= 0.6 is 0 Å². The molecule has 2 rings (SSSR count). The van der Waals surface area contributed by atoms with Gasteiger partial charge in [-0.2, -0.15) is 0 Å². The number of carbonyl (C=O) groups is 2. The molecule has 2 saturated heterocycles. The number of hydrogen-bond donors (Lipinski definition) is 7. The molecule has 2 fully saturated rings. The summed E-state index contributed by atoms with van der Waals surface area (Å²) >= 11 is 0. The van der Waals surface area contributed by atoms with Crippen LogP contribution in [-0.4, -0.2) is 142 Å². The van der Waals surface area contributed by atoms with Crippen LogP contribution in [0.15, 0.2) is 0 Å². The van der Waals surface area contributed by atoms with Gasteiger partial charge in [0.25, 0.3) is 0 Å². The first kappa shape index (κ1) is 72.6. The molecule has 7 N–H and O–H groups in total. The zero-order chi connectivity index (χ0) is 56.7. The Morgan fingerprint density at radius 1 is 0.359 bits per heavy atom. The zero-order valence-corrected chi connectivity index (χ0v) is 49.7. The molecule has 0 amide bonds. The Labute approximate surface area is 474 Å². The van der Waals surface area contributed by atoms with Crippen LogP contribution in [-0.2, 0) is 38.0 Å². The Hall–Kier alpha value is -1.50. The predicted molar refractivity (Wildman–Crippen MR) is 308 cm³/mol. The summed E-state index contributed by atoms with van der Waals surface area (Å²) in [5.41, 5.74) is 0. The van der Waals surface area contributed by atoms with Crippen molar-refractivity contribution in [3.8, 4) is 0 Å². The Morgan fingerprint density at radius 2 is 0.654 bits per heavy atom. The molecule has 0 aromatic carbocycles. The van der Waals surface area contributed by atoms with Crippen molar-refractivity contribution in [2.75, 3.05) is 26.4 Å². The van der Waals surface area contributed by atoms with Gasteiger partial charge in [-0.05, 0) is 12.8 Å². The van der Waals surface area contributed by atoms with Crippen LogP contribution in [0.4, 0.5) is 0 Å². The van der Waals surface area contributed by atoms with E-state index < -0.39 is 92.7 Å². The molecule has 0 radical (unpaired) electrons. The van der Waals surface area contributed by atoms with Crippen molar-refractivity contribution >= 4 is 11.9 Å². The van der Waals surface area contributed by atoms with Crippen LogP contribution in [0.1, 0.15) is 296 Å². The van der Waals surface area contributed by atoms with Crippen molar-refractivity contribution in [2.24, 2.45) is 0 Å². The third-order valence-corrected chi connectivity index (χ3v) is 16.1. The van der Waals surface area contributed by atoms with E-state index in [1.54, 1.807) is 0 Å². The number of ether oxygens (including phenoxy) is 6. The lowest BCUT2D eigenvalue weighted by atomic mass is 9.98. The quantitative estimate of drug-likeness (QED) is 0.0222. The average molecular weight is 1120 g/mol. The topological polar surface area (TPSA) is 231 Å². The van der Waals surface area contributed by atoms with E-state index in [9.17, 15) is 45.3 Å². The minimum absolute atomic E-state index is 0.174. The summed E-state index contributed by atoms with van der Waals surface area (Å²) in [5, 5.41) is 72.4. The number of esters is 2. The number of aliphatic hydroxyl groups is 7. The number of hydrogen-bond acceptors (Lipinski definition) is 15. The summed E-state index contributed by atoms with van der Waals surface area (Å²) in [5.74, 6) is -0.899. The van der Waals surface area contributed by atoms with E-state index in [0.29, 0.717) is 12.8 Å². The molecular weight excluding hydrogens is 997 g/mol. The first-order valence-corrected chi connectivity index (χ1v) is 32.6.